The molecule has 0 aliphatic heterocycles. The second kappa shape index (κ2) is 8.23. The van der Waals surface area contributed by atoms with Crippen LogP contribution in [0.5, 0.6) is 0 Å². The first kappa shape index (κ1) is 20.6. The lowest BCUT2D eigenvalue weighted by atomic mass is 9.86. The van der Waals surface area contributed by atoms with E-state index < -0.39 is 0 Å². The fraction of sp³-hybridized carbons (Fsp3) is 0.280. The van der Waals surface area contributed by atoms with Crippen LogP contribution in [-0.4, -0.2) is 12.1 Å². The van der Waals surface area contributed by atoms with Gasteiger partial charge in [-0.25, -0.2) is 5.43 Å². The number of carbonyl (C=O) groups excluding carboxylic acids is 1. The van der Waals surface area contributed by atoms with Crippen molar-refractivity contribution in [2.24, 2.45) is 11.0 Å². The zero-order chi connectivity index (χ0) is 21.3. The van der Waals surface area contributed by atoms with E-state index >= 15 is 0 Å². The van der Waals surface area contributed by atoms with Crippen molar-refractivity contribution in [2.45, 2.75) is 38.5 Å². The molecule has 1 heterocycles. The number of hydrogen-bond donors (Lipinski definition) is 1. The maximum Gasteiger partial charge on any atom is 0.243 e. The van der Waals surface area contributed by atoms with Gasteiger partial charge in [0.2, 0.25) is 5.91 Å². The van der Waals surface area contributed by atoms with Gasteiger partial charge in [-0.05, 0) is 53.1 Å². The molecule has 154 valence electrons. The van der Waals surface area contributed by atoms with Crippen LogP contribution in [0.4, 0.5) is 0 Å². The van der Waals surface area contributed by atoms with E-state index in [1.54, 1.807) is 0 Å². The Morgan fingerprint density at radius 3 is 2.60 bits per heavy atom. The zero-order valence-corrected chi connectivity index (χ0v) is 18.9. The third-order valence-electron chi connectivity index (χ3n) is 5.43. The Morgan fingerprint density at radius 2 is 1.90 bits per heavy atom. The molecule has 1 aliphatic rings. The van der Waals surface area contributed by atoms with E-state index in [-0.39, 0.29) is 23.2 Å². The Balaban J connectivity index is 1.32. The number of hydrazone groups is 1. The number of hydrogen-bond acceptors (Lipinski definition) is 3. The highest BCUT2D eigenvalue weighted by molar-refractivity contribution is 9.10. The van der Waals surface area contributed by atoms with Crippen molar-refractivity contribution < 1.29 is 9.21 Å². The highest BCUT2D eigenvalue weighted by Crippen LogP contribution is 2.47. The van der Waals surface area contributed by atoms with Gasteiger partial charge in [0.1, 0.15) is 11.5 Å². The number of furan rings is 1. The van der Waals surface area contributed by atoms with Gasteiger partial charge in [-0.1, -0.05) is 73.1 Å². The summed E-state index contributed by atoms with van der Waals surface area (Å²) in [7, 11) is 0. The summed E-state index contributed by atoms with van der Waals surface area (Å²) in [5, 5.41) is 4.07. The molecule has 2 atom stereocenters. The van der Waals surface area contributed by atoms with Gasteiger partial charge in [-0.3, -0.25) is 4.79 Å². The van der Waals surface area contributed by atoms with Crippen LogP contribution in [0.2, 0.25) is 0 Å². The van der Waals surface area contributed by atoms with Gasteiger partial charge >= 0.3 is 0 Å². The van der Waals surface area contributed by atoms with Crippen molar-refractivity contribution in [1.29, 1.82) is 0 Å². The molecular formula is C25H25BrN2O2. The molecule has 1 saturated carbocycles. The molecule has 1 fully saturated rings. The average molecular weight is 465 g/mol. The average Bonchev–Trinajstić information content (AvgIpc) is 3.38. The van der Waals surface area contributed by atoms with E-state index in [4.69, 9.17) is 4.42 Å². The maximum atomic E-state index is 12.4. The van der Waals surface area contributed by atoms with Crippen LogP contribution in [0.25, 0.3) is 11.3 Å². The smallest absolute Gasteiger partial charge is 0.243 e. The summed E-state index contributed by atoms with van der Waals surface area (Å²) >= 11 is 3.46. The van der Waals surface area contributed by atoms with Crippen molar-refractivity contribution in [3.63, 3.8) is 0 Å². The highest BCUT2D eigenvalue weighted by atomic mass is 79.9. The summed E-state index contributed by atoms with van der Waals surface area (Å²) < 4.78 is 6.78. The summed E-state index contributed by atoms with van der Waals surface area (Å²) in [6.45, 7) is 6.61. The summed E-state index contributed by atoms with van der Waals surface area (Å²) in [5.41, 5.74) is 6.29. The predicted molar refractivity (Wildman–Crippen MR) is 124 cm³/mol. The maximum absolute atomic E-state index is 12.4. The standard InChI is InChI=1S/C25H25BrN2O2/c1-25(2,3)18-9-7-16(8-10-18)21-14-22(21)24(29)28-27-15-20-11-12-23(30-20)17-5-4-6-19(26)13-17/h4-13,15,21-22H,14H2,1-3H3,(H,28,29). The normalized spacial score (nSPS) is 18.5. The third-order valence-corrected chi connectivity index (χ3v) is 5.93. The predicted octanol–water partition coefficient (Wildman–Crippen LogP) is 6.26. The molecule has 1 amide bonds. The quantitative estimate of drug-likeness (QED) is 0.357. The number of amides is 1. The Morgan fingerprint density at radius 1 is 1.13 bits per heavy atom. The monoisotopic (exact) mass is 464 g/mol. The molecule has 5 heteroatoms. The van der Waals surface area contributed by atoms with Gasteiger partial charge in [-0.2, -0.15) is 5.10 Å². The van der Waals surface area contributed by atoms with Crippen molar-refractivity contribution in [1.82, 2.24) is 5.43 Å². The summed E-state index contributed by atoms with van der Waals surface area (Å²) in [4.78, 5) is 12.4. The van der Waals surface area contributed by atoms with Gasteiger partial charge < -0.3 is 4.42 Å². The molecule has 0 saturated heterocycles. The Labute approximate surface area is 185 Å². The molecular weight excluding hydrogens is 440 g/mol. The van der Waals surface area contributed by atoms with Gasteiger partial charge in [-0.15, -0.1) is 0 Å². The van der Waals surface area contributed by atoms with E-state index in [9.17, 15) is 4.79 Å². The number of rotatable bonds is 5. The van der Waals surface area contributed by atoms with Crippen molar-refractivity contribution in [3.05, 3.63) is 82.0 Å². The van der Waals surface area contributed by atoms with Gasteiger partial charge in [0, 0.05) is 16.0 Å². The molecule has 1 aliphatic carbocycles. The lowest BCUT2D eigenvalue weighted by molar-refractivity contribution is -0.122. The minimum Gasteiger partial charge on any atom is -0.455 e. The Bertz CT molecular complexity index is 1080. The molecule has 1 N–H and O–H groups in total. The number of nitrogens with zero attached hydrogens (tertiary/aromatic N) is 1. The lowest BCUT2D eigenvalue weighted by Gasteiger charge is -2.19. The number of carbonyl (C=O) groups is 1. The minimum atomic E-state index is -0.0464. The summed E-state index contributed by atoms with van der Waals surface area (Å²) in [6, 6.07) is 20.2. The van der Waals surface area contributed by atoms with Crippen LogP contribution in [0.15, 0.2) is 74.7 Å². The van der Waals surface area contributed by atoms with Crippen molar-refractivity contribution in [2.75, 3.05) is 0 Å². The van der Waals surface area contributed by atoms with Crippen LogP contribution >= 0.6 is 15.9 Å². The molecule has 2 aromatic carbocycles. The van der Waals surface area contributed by atoms with Crippen LogP contribution in [0, 0.1) is 5.92 Å². The van der Waals surface area contributed by atoms with E-state index in [0.717, 1.165) is 22.2 Å². The largest absolute Gasteiger partial charge is 0.455 e. The van der Waals surface area contributed by atoms with Gasteiger partial charge in [0.15, 0.2) is 0 Å². The Hall–Kier alpha value is -2.66. The Kier molecular flexibility index (Phi) is 5.65. The first-order valence-electron chi connectivity index (χ1n) is 10.1. The van der Waals surface area contributed by atoms with Crippen molar-refractivity contribution in [3.8, 4) is 11.3 Å². The van der Waals surface area contributed by atoms with Crippen molar-refractivity contribution >= 4 is 28.1 Å². The molecule has 0 spiro atoms. The highest BCUT2D eigenvalue weighted by Gasteiger charge is 2.44. The van der Waals surface area contributed by atoms with Crippen LogP contribution < -0.4 is 5.43 Å². The molecule has 4 rings (SSSR count). The molecule has 0 radical (unpaired) electrons. The van der Waals surface area contributed by atoms with Gasteiger partial charge in [0.25, 0.3) is 0 Å². The summed E-state index contributed by atoms with van der Waals surface area (Å²) in [5.74, 6) is 1.56. The summed E-state index contributed by atoms with van der Waals surface area (Å²) in [6.07, 6.45) is 2.40. The number of halogens is 1. The molecule has 4 nitrogen and oxygen atoms in total. The second-order valence-corrected chi connectivity index (χ2v) is 9.68. The van der Waals surface area contributed by atoms with Gasteiger partial charge in [0.05, 0.1) is 6.21 Å². The van der Waals surface area contributed by atoms with Crippen LogP contribution in [-0.2, 0) is 10.2 Å². The van der Waals surface area contributed by atoms with Crippen LogP contribution in [0.1, 0.15) is 50.0 Å². The SMILES string of the molecule is CC(C)(C)c1ccc(C2CC2C(=O)NN=Cc2ccc(-c3cccc(Br)c3)o2)cc1. The fourth-order valence-corrected chi connectivity index (χ4v) is 3.94. The number of benzene rings is 2. The van der Waals surface area contributed by atoms with E-state index in [1.807, 2.05) is 36.4 Å². The topological polar surface area (TPSA) is 54.6 Å². The fourth-order valence-electron chi connectivity index (χ4n) is 3.55. The molecule has 1 aromatic heterocycles. The third kappa shape index (κ3) is 4.73. The van der Waals surface area contributed by atoms with E-state index in [0.29, 0.717) is 5.76 Å². The van der Waals surface area contributed by atoms with E-state index in [2.05, 4.69) is 71.5 Å². The number of nitrogens with one attached hydrogen (secondary N) is 1. The molecule has 3 aromatic rings. The first-order valence-corrected chi connectivity index (χ1v) is 10.9. The second-order valence-electron chi connectivity index (χ2n) is 8.77. The zero-order valence-electron chi connectivity index (χ0n) is 17.4. The molecule has 0 bridgehead atoms. The minimum absolute atomic E-state index is 0.0172. The first-order chi connectivity index (χ1) is 14.3. The molecule has 30 heavy (non-hydrogen) atoms. The van der Waals surface area contributed by atoms with Crippen LogP contribution in [0.3, 0.4) is 0 Å². The lowest BCUT2D eigenvalue weighted by Crippen LogP contribution is -2.20. The van der Waals surface area contributed by atoms with E-state index in [1.165, 1.54) is 17.3 Å². The molecule has 2 unspecified atom stereocenters.